The Labute approximate surface area is 113 Å². The van der Waals surface area contributed by atoms with Crippen LogP contribution < -0.4 is 0 Å². The molecule has 0 bridgehead atoms. The third kappa shape index (κ3) is 2.80. The first-order chi connectivity index (χ1) is 9.52. The lowest BCUT2D eigenvalue weighted by molar-refractivity contribution is 0.189. The molecule has 20 heavy (non-hydrogen) atoms. The van der Waals surface area contributed by atoms with E-state index in [0.29, 0.717) is 0 Å². The van der Waals surface area contributed by atoms with Crippen LogP contribution in [0.15, 0.2) is 24.5 Å². The standard InChI is InChI=1S/C12H12F2N4O2/c1-17(4-5-19)12(20)18-7-15-11(16-18)9-3-2-8(13)6-10(9)14/h2-3,6-7,19H,4-5H2,1H3. The number of hydrogen-bond acceptors (Lipinski definition) is 4. The van der Waals surface area contributed by atoms with Crippen LogP contribution in [0.3, 0.4) is 0 Å². The highest BCUT2D eigenvalue weighted by atomic mass is 19.1. The lowest BCUT2D eigenvalue weighted by atomic mass is 10.2. The van der Waals surface area contributed by atoms with Crippen molar-refractivity contribution in [3.05, 3.63) is 36.2 Å². The number of carbonyl (C=O) groups excluding carboxylic acids is 1. The molecule has 8 heteroatoms. The summed E-state index contributed by atoms with van der Waals surface area (Å²) in [4.78, 5) is 16.9. The maximum Gasteiger partial charge on any atom is 0.346 e. The first-order valence-corrected chi connectivity index (χ1v) is 5.76. The van der Waals surface area contributed by atoms with Crippen molar-refractivity contribution < 1.29 is 18.7 Å². The molecular weight excluding hydrogens is 270 g/mol. The van der Waals surface area contributed by atoms with Crippen molar-refractivity contribution >= 4 is 6.03 Å². The van der Waals surface area contributed by atoms with Crippen LogP contribution in [0.4, 0.5) is 13.6 Å². The topological polar surface area (TPSA) is 71.2 Å². The summed E-state index contributed by atoms with van der Waals surface area (Å²) in [5.74, 6) is -1.53. The van der Waals surface area contributed by atoms with Gasteiger partial charge in [-0.05, 0) is 12.1 Å². The Morgan fingerprint density at radius 1 is 1.45 bits per heavy atom. The van der Waals surface area contributed by atoms with E-state index in [2.05, 4.69) is 10.1 Å². The molecule has 0 saturated carbocycles. The molecule has 1 amide bonds. The number of amides is 1. The number of aliphatic hydroxyl groups excluding tert-OH is 1. The van der Waals surface area contributed by atoms with E-state index in [1.807, 2.05) is 0 Å². The summed E-state index contributed by atoms with van der Waals surface area (Å²) < 4.78 is 27.3. The summed E-state index contributed by atoms with van der Waals surface area (Å²) in [6, 6.07) is 2.49. The monoisotopic (exact) mass is 282 g/mol. The minimum atomic E-state index is -0.807. The highest BCUT2D eigenvalue weighted by Gasteiger charge is 2.16. The minimum absolute atomic E-state index is 0.00256. The largest absolute Gasteiger partial charge is 0.395 e. The quantitative estimate of drug-likeness (QED) is 0.915. The van der Waals surface area contributed by atoms with Gasteiger partial charge >= 0.3 is 6.03 Å². The van der Waals surface area contributed by atoms with Gasteiger partial charge in [-0.25, -0.2) is 18.6 Å². The van der Waals surface area contributed by atoms with Gasteiger partial charge in [-0.15, -0.1) is 5.10 Å². The number of benzene rings is 1. The average Bonchev–Trinajstić information content (AvgIpc) is 2.87. The normalized spacial score (nSPS) is 10.6. The fourth-order valence-corrected chi connectivity index (χ4v) is 1.57. The van der Waals surface area contributed by atoms with Crippen molar-refractivity contribution in [3.63, 3.8) is 0 Å². The molecule has 0 saturated heterocycles. The summed E-state index contributed by atoms with van der Waals surface area (Å²) in [5, 5.41) is 12.6. The highest BCUT2D eigenvalue weighted by Crippen LogP contribution is 2.19. The molecule has 0 aliphatic carbocycles. The molecule has 1 N–H and O–H groups in total. The third-order valence-corrected chi connectivity index (χ3v) is 2.62. The number of hydrogen-bond donors (Lipinski definition) is 1. The van der Waals surface area contributed by atoms with Gasteiger partial charge in [0, 0.05) is 19.7 Å². The smallest absolute Gasteiger partial charge is 0.346 e. The Hall–Kier alpha value is -2.35. The van der Waals surface area contributed by atoms with Crippen LogP contribution in [-0.4, -0.2) is 51.0 Å². The van der Waals surface area contributed by atoms with Gasteiger partial charge in [0.25, 0.3) is 0 Å². The van der Waals surface area contributed by atoms with Gasteiger partial charge in [-0.2, -0.15) is 4.68 Å². The molecule has 1 aromatic carbocycles. The molecule has 0 aliphatic heterocycles. The zero-order chi connectivity index (χ0) is 14.7. The van der Waals surface area contributed by atoms with Crippen molar-refractivity contribution in [1.29, 1.82) is 0 Å². The molecule has 106 valence electrons. The van der Waals surface area contributed by atoms with Gasteiger partial charge in [-0.1, -0.05) is 0 Å². The molecule has 0 radical (unpaired) electrons. The van der Waals surface area contributed by atoms with Gasteiger partial charge in [0.1, 0.15) is 18.0 Å². The van der Waals surface area contributed by atoms with Crippen molar-refractivity contribution in [2.24, 2.45) is 0 Å². The number of carbonyl (C=O) groups is 1. The van der Waals surface area contributed by atoms with E-state index in [1.54, 1.807) is 0 Å². The fraction of sp³-hybridized carbons (Fsp3) is 0.250. The van der Waals surface area contributed by atoms with Gasteiger partial charge in [0.2, 0.25) is 0 Å². The van der Waals surface area contributed by atoms with E-state index >= 15 is 0 Å². The van der Waals surface area contributed by atoms with Crippen LogP contribution in [0, 0.1) is 11.6 Å². The number of halogens is 2. The second-order valence-corrected chi connectivity index (χ2v) is 4.06. The zero-order valence-corrected chi connectivity index (χ0v) is 10.6. The van der Waals surface area contributed by atoms with Crippen LogP contribution in [0.2, 0.25) is 0 Å². The molecule has 2 rings (SSSR count). The Morgan fingerprint density at radius 2 is 2.20 bits per heavy atom. The van der Waals surface area contributed by atoms with Crippen molar-refractivity contribution in [2.45, 2.75) is 0 Å². The van der Waals surface area contributed by atoms with Crippen molar-refractivity contribution in [2.75, 3.05) is 20.2 Å². The maximum atomic E-state index is 13.6. The Bertz CT molecular complexity index is 630. The van der Waals surface area contributed by atoms with E-state index in [1.165, 1.54) is 18.0 Å². The fourth-order valence-electron chi connectivity index (χ4n) is 1.57. The molecule has 0 aliphatic rings. The molecule has 1 heterocycles. The number of nitrogens with zero attached hydrogens (tertiary/aromatic N) is 4. The van der Waals surface area contributed by atoms with E-state index in [0.717, 1.165) is 23.1 Å². The van der Waals surface area contributed by atoms with E-state index in [9.17, 15) is 13.6 Å². The van der Waals surface area contributed by atoms with Crippen LogP contribution in [0.1, 0.15) is 0 Å². The predicted octanol–water partition coefficient (Wildman–Crippen LogP) is 1.12. The summed E-state index contributed by atoms with van der Waals surface area (Å²) in [7, 11) is 1.48. The number of aromatic nitrogens is 3. The van der Waals surface area contributed by atoms with E-state index in [-0.39, 0.29) is 24.5 Å². The van der Waals surface area contributed by atoms with Crippen LogP contribution in [-0.2, 0) is 0 Å². The summed E-state index contributed by atoms with van der Waals surface area (Å²) in [5.41, 5.74) is 0.00256. The molecule has 0 atom stereocenters. The second kappa shape index (κ2) is 5.74. The average molecular weight is 282 g/mol. The number of likely N-dealkylation sites (N-methyl/N-ethyl adjacent to an activating group) is 1. The lowest BCUT2D eigenvalue weighted by Gasteiger charge is -2.14. The van der Waals surface area contributed by atoms with Crippen molar-refractivity contribution in [1.82, 2.24) is 19.7 Å². The summed E-state index contributed by atoms with van der Waals surface area (Å²) >= 11 is 0. The van der Waals surface area contributed by atoms with Crippen molar-refractivity contribution in [3.8, 4) is 11.4 Å². The molecule has 0 fully saturated rings. The second-order valence-electron chi connectivity index (χ2n) is 4.06. The van der Waals surface area contributed by atoms with Gasteiger partial charge in [-0.3, -0.25) is 0 Å². The molecule has 6 nitrogen and oxygen atoms in total. The molecule has 1 aromatic heterocycles. The zero-order valence-electron chi connectivity index (χ0n) is 10.6. The van der Waals surface area contributed by atoms with E-state index < -0.39 is 17.7 Å². The van der Waals surface area contributed by atoms with Crippen LogP contribution in [0.25, 0.3) is 11.4 Å². The molecule has 0 spiro atoms. The summed E-state index contributed by atoms with van der Waals surface area (Å²) in [6.07, 6.45) is 1.13. The maximum absolute atomic E-state index is 13.6. The SMILES string of the molecule is CN(CCO)C(=O)n1cnc(-c2ccc(F)cc2F)n1. The van der Waals surface area contributed by atoms with Crippen LogP contribution >= 0.6 is 0 Å². The number of rotatable bonds is 3. The first-order valence-electron chi connectivity index (χ1n) is 5.76. The Kier molecular flexibility index (Phi) is 4.04. The van der Waals surface area contributed by atoms with Gasteiger partial charge in [0.05, 0.1) is 12.2 Å². The summed E-state index contributed by atoms with van der Waals surface area (Å²) in [6.45, 7) is -0.0463. The van der Waals surface area contributed by atoms with Crippen LogP contribution in [0.5, 0.6) is 0 Å². The van der Waals surface area contributed by atoms with E-state index in [4.69, 9.17) is 5.11 Å². The molecule has 2 aromatic rings. The highest BCUT2D eigenvalue weighted by molar-refractivity contribution is 5.76. The van der Waals surface area contributed by atoms with Gasteiger partial charge < -0.3 is 10.0 Å². The molecule has 0 unspecified atom stereocenters. The number of aliphatic hydroxyl groups is 1. The molecular formula is C12H12F2N4O2. The minimum Gasteiger partial charge on any atom is -0.395 e. The third-order valence-electron chi connectivity index (χ3n) is 2.62. The first kappa shape index (κ1) is 14.1. The van der Waals surface area contributed by atoms with Gasteiger partial charge in [0.15, 0.2) is 5.82 Å². The lowest BCUT2D eigenvalue weighted by Crippen LogP contribution is -2.33. The Morgan fingerprint density at radius 3 is 2.85 bits per heavy atom. The Balaban J connectivity index is 2.27. The predicted molar refractivity (Wildman–Crippen MR) is 65.9 cm³/mol.